The maximum Gasteiger partial charge on any atom is 0.241 e. The van der Waals surface area contributed by atoms with Crippen LogP contribution in [-0.4, -0.2) is 21.9 Å². The van der Waals surface area contributed by atoms with E-state index in [4.69, 9.17) is 5.73 Å². The highest BCUT2D eigenvalue weighted by Crippen LogP contribution is 2.23. The average molecular weight is 430 g/mol. The van der Waals surface area contributed by atoms with E-state index in [-0.39, 0.29) is 5.91 Å². The van der Waals surface area contributed by atoms with Crippen LogP contribution in [0.3, 0.4) is 0 Å². The number of nitrogens with one attached hydrogen (secondary N) is 2. The number of benzene rings is 2. The van der Waals surface area contributed by atoms with E-state index in [0.29, 0.717) is 18.8 Å². The van der Waals surface area contributed by atoms with Crippen molar-refractivity contribution in [1.29, 1.82) is 0 Å². The first-order valence-corrected chi connectivity index (χ1v) is 10.9. The molecule has 2 aromatic carbocycles. The van der Waals surface area contributed by atoms with Crippen LogP contribution in [0.4, 0.5) is 11.5 Å². The van der Waals surface area contributed by atoms with Crippen molar-refractivity contribution >= 4 is 28.7 Å². The molecular formula is C24H23N5OS. The van der Waals surface area contributed by atoms with Crippen LogP contribution in [0.15, 0.2) is 83.8 Å². The standard InChI is InChI=1S/C24H23N5OS/c25-23-13-19(9-10-26-23)18-7-4-8-20(12-18)29-24(30)22(11-17-5-2-1-3-6-17)27-14-21-15-31-16-28-21/h1-10,12-13,15-16,22,27H,11,14H2,(H2,25,26)(H,29,30)/t22-/m0/s1. The van der Waals surface area contributed by atoms with Crippen LogP contribution < -0.4 is 16.4 Å². The second kappa shape index (κ2) is 9.97. The van der Waals surface area contributed by atoms with Crippen LogP contribution in [-0.2, 0) is 17.8 Å². The summed E-state index contributed by atoms with van der Waals surface area (Å²) >= 11 is 1.54. The molecule has 0 aliphatic rings. The molecule has 0 unspecified atom stereocenters. The average Bonchev–Trinajstić information content (AvgIpc) is 3.31. The SMILES string of the molecule is Nc1cc(-c2cccc(NC(=O)[C@H](Cc3ccccc3)NCc3cscn3)c2)ccn1. The third kappa shape index (κ3) is 5.75. The highest BCUT2D eigenvalue weighted by molar-refractivity contribution is 7.07. The molecule has 0 fully saturated rings. The zero-order valence-corrected chi connectivity index (χ0v) is 17.7. The molecule has 2 aromatic heterocycles. The fraction of sp³-hybridized carbons (Fsp3) is 0.125. The molecule has 2 heterocycles. The number of carbonyl (C=O) groups excluding carboxylic acids is 1. The van der Waals surface area contributed by atoms with Crippen LogP contribution in [0.2, 0.25) is 0 Å². The van der Waals surface area contributed by atoms with Gasteiger partial charge in [-0.05, 0) is 47.4 Å². The molecule has 4 aromatic rings. The van der Waals surface area contributed by atoms with Crippen LogP contribution in [0.1, 0.15) is 11.3 Å². The molecular weight excluding hydrogens is 406 g/mol. The summed E-state index contributed by atoms with van der Waals surface area (Å²) in [5, 5.41) is 8.38. The number of nitrogens with zero attached hydrogens (tertiary/aromatic N) is 2. The van der Waals surface area contributed by atoms with Crippen molar-refractivity contribution < 1.29 is 4.79 Å². The summed E-state index contributed by atoms with van der Waals surface area (Å²) in [6.45, 7) is 0.532. The van der Waals surface area contributed by atoms with Gasteiger partial charge in [0, 0.05) is 23.8 Å². The van der Waals surface area contributed by atoms with E-state index in [9.17, 15) is 4.79 Å². The third-order valence-corrected chi connectivity index (χ3v) is 5.49. The Morgan fingerprint density at radius 1 is 1.00 bits per heavy atom. The van der Waals surface area contributed by atoms with Crippen molar-refractivity contribution in [1.82, 2.24) is 15.3 Å². The number of thiazole rings is 1. The van der Waals surface area contributed by atoms with Gasteiger partial charge in [0.1, 0.15) is 5.82 Å². The first-order valence-electron chi connectivity index (χ1n) is 9.94. The Labute approximate surface area is 185 Å². The Morgan fingerprint density at radius 3 is 2.61 bits per heavy atom. The molecule has 0 bridgehead atoms. The van der Waals surface area contributed by atoms with Gasteiger partial charge in [-0.3, -0.25) is 10.1 Å². The topological polar surface area (TPSA) is 92.9 Å². The lowest BCUT2D eigenvalue weighted by atomic mass is 10.0. The van der Waals surface area contributed by atoms with E-state index >= 15 is 0 Å². The number of pyridine rings is 1. The third-order valence-electron chi connectivity index (χ3n) is 4.86. The maximum atomic E-state index is 13.2. The monoisotopic (exact) mass is 429 g/mol. The van der Waals surface area contributed by atoms with Gasteiger partial charge in [-0.25, -0.2) is 9.97 Å². The van der Waals surface area contributed by atoms with Gasteiger partial charge < -0.3 is 11.1 Å². The van der Waals surface area contributed by atoms with Crippen molar-refractivity contribution in [2.24, 2.45) is 0 Å². The Bertz CT molecular complexity index is 1130. The Hall–Kier alpha value is -3.55. The van der Waals surface area contributed by atoms with E-state index in [2.05, 4.69) is 20.6 Å². The first-order chi connectivity index (χ1) is 15.2. The summed E-state index contributed by atoms with van der Waals surface area (Å²) in [7, 11) is 0. The van der Waals surface area contributed by atoms with Crippen molar-refractivity contribution in [3.05, 3.63) is 95.1 Å². The number of amides is 1. The normalized spacial score (nSPS) is 11.7. The minimum Gasteiger partial charge on any atom is -0.384 e. The number of hydrogen-bond acceptors (Lipinski definition) is 6. The quantitative estimate of drug-likeness (QED) is 0.392. The fourth-order valence-corrected chi connectivity index (χ4v) is 3.85. The number of rotatable bonds is 8. The second-order valence-corrected chi connectivity index (χ2v) is 7.86. The van der Waals surface area contributed by atoms with E-state index < -0.39 is 6.04 Å². The molecule has 0 saturated carbocycles. The molecule has 1 amide bonds. The Balaban J connectivity index is 1.50. The van der Waals surface area contributed by atoms with Crippen molar-refractivity contribution in [3.63, 3.8) is 0 Å². The van der Waals surface area contributed by atoms with Gasteiger partial charge in [-0.2, -0.15) is 0 Å². The molecule has 0 aliphatic heterocycles. The van der Waals surface area contributed by atoms with E-state index in [1.165, 1.54) is 0 Å². The summed E-state index contributed by atoms with van der Waals surface area (Å²) in [6.07, 6.45) is 2.26. The number of hydrogen-bond donors (Lipinski definition) is 3. The summed E-state index contributed by atoms with van der Waals surface area (Å²) in [5.41, 5.74) is 12.3. The highest BCUT2D eigenvalue weighted by Gasteiger charge is 2.19. The van der Waals surface area contributed by atoms with Gasteiger partial charge >= 0.3 is 0 Å². The van der Waals surface area contributed by atoms with Gasteiger partial charge in [-0.15, -0.1) is 11.3 Å². The lowest BCUT2D eigenvalue weighted by Gasteiger charge is -2.18. The minimum atomic E-state index is -0.399. The maximum absolute atomic E-state index is 13.2. The Morgan fingerprint density at radius 2 is 1.84 bits per heavy atom. The molecule has 0 radical (unpaired) electrons. The number of aromatic nitrogens is 2. The molecule has 156 valence electrons. The molecule has 0 saturated heterocycles. The van der Waals surface area contributed by atoms with Crippen molar-refractivity contribution in [2.45, 2.75) is 19.0 Å². The first kappa shape index (κ1) is 20.7. The van der Waals surface area contributed by atoms with E-state index in [0.717, 1.165) is 28.1 Å². The Kier molecular flexibility index (Phi) is 6.66. The summed E-state index contributed by atoms with van der Waals surface area (Å²) in [6, 6.07) is 21.0. The van der Waals surface area contributed by atoms with Gasteiger partial charge in [0.05, 0.1) is 17.2 Å². The van der Waals surface area contributed by atoms with E-state index in [1.807, 2.05) is 72.1 Å². The number of nitrogen functional groups attached to an aromatic ring is 1. The number of nitrogens with two attached hydrogens (primary N) is 1. The summed E-state index contributed by atoms with van der Waals surface area (Å²) in [4.78, 5) is 21.5. The summed E-state index contributed by atoms with van der Waals surface area (Å²) < 4.78 is 0. The largest absolute Gasteiger partial charge is 0.384 e. The minimum absolute atomic E-state index is 0.0922. The van der Waals surface area contributed by atoms with Crippen LogP contribution in [0, 0.1) is 0 Å². The predicted octanol–water partition coefficient (Wildman–Crippen LogP) is 4.13. The van der Waals surface area contributed by atoms with Gasteiger partial charge in [0.2, 0.25) is 5.91 Å². The molecule has 4 N–H and O–H groups in total. The van der Waals surface area contributed by atoms with Crippen molar-refractivity contribution in [3.8, 4) is 11.1 Å². The molecule has 0 spiro atoms. The van der Waals surface area contributed by atoms with Crippen LogP contribution in [0.5, 0.6) is 0 Å². The molecule has 6 nitrogen and oxygen atoms in total. The lowest BCUT2D eigenvalue weighted by molar-refractivity contribution is -0.118. The van der Waals surface area contributed by atoms with Gasteiger partial charge in [-0.1, -0.05) is 42.5 Å². The van der Waals surface area contributed by atoms with E-state index in [1.54, 1.807) is 23.0 Å². The number of anilines is 2. The number of carbonyl (C=O) groups is 1. The second-order valence-electron chi connectivity index (χ2n) is 7.14. The molecule has 1 atom stereocenters. The summed E-state index contributed by atoms with van der Waals surface area (Å²) in [5.74, 6) is 0.367. The molecule has 4 rings (SSSR count). The molecule has 7 heteroatoms. The lowest BCUT2D eigenvalue weighted by Crippen LogP contribution is -2.41. The zero-order valence-electron chi connectivity index (χ0n) is 16.9. The molecule has 31 heavy (non-hydrogen) atoms. The van der Waals surface area contributed by atoms with Gasteiger partial charge in [0.15, 0.2) is 0 Å². The zero-order chi connectivity index (χ0) is 21.5. The van der Waals surface area contributed by atoms with Crippen LogP contribution in [0.25, 0.3) is 11.1 Å². The van der Waals surface area contributed by atoms with Crippen molar-refractivity contribution in [2.75, 3.05) is 11.1 Å². The smallest absolute Gasteiger partial charge is 0.241 e. The fourth-order valence-electron chi connectivity index (χ4n) is 3.29. The van der Waals surface area contributed by atoms with Gasteiger partial charge in [0.25, 0.3) is 0 Å². The van der Waals surface area contributed by atoms with Crippen LogP contribution >= 0.6 is 11.3 Å². The predicted molar refractivity (Wildman–Crippen MR) is 126 cm³/mol. The highest BCUT2D eigenvalue weighted by atomic mass is 32.1. The molecule has 0 aliphatic carbocycles.